The van der Waals surface area contributed by atoms with Gasteiger partial charge in [-0.2, -0.15) is 0 Å². The topological polar surface area (TPSA) is 98.3 Å². The van der Waals surface area contributed by atoms with E-state index < -0.39 is 11.7 Å². The molecule has 2 rings (SSSR count). The van der Waals surface area contributed by atoms with Gasteiger partial charge in [-0.1, -0.05) is 18.2 Å². The Morgan fingerprint density at radius 3 is 2.19 bits per heavy atom. The highest BCUT2D eigenvalue weighted by molar-refractivity contribution is 14.0. The normalized spacial score (nSPS) is 14.4. The number of para-hydroxylation sites is 1. The number of hydrogen-bond acceptors (Lipinski definition) is 5. The van der Waals surface area contributed by atoms with E-state index in [2.05, 4.69) is 38.0 Å². The van der Waals surface area contributed by atoms with Crippen molar-refractivity contribution in [3.63, 3.8) is 0 Å². The van der Waals surface area contributed by atoms with E-state index in [-0.39, 0.29) is 36.4 Å². The molecule has 1 aliphatic heterocycles. The quantitative estimate of drug-likeness (QED) is 0.217. The molecule has 0 unspecified atom stereocenters. The molecule has 1 heterocycles. The summed E-state index contributed by atoms with van der Waals surface area (Å²) >= 11 is 0. The zero-order valence-electron chi connectivity index (χ0n) is 18.8. The Morgan fingerprint density at radius 1 is 1.00 bits per heavy atom. The molecule has 174 valence electrons. The maximum absolute atomic E-state index is 12.5. The number of guanidine groups is 1. The molecule has 2 amide bonds. The highest BCUT2D eigenvalue weighted by Crippen LogP contribution is 2.15. The van der Waals surface area contributed by atoms with E-state index in [1.54, 1.807) is 7.05 Å². The molecule has 0 saturated carbocycles. The molecule has 1 saturated heterocycles. The summed E-state index contributed by atoms with van der Waals surface area (Å²) in [5.74, 6) is 0.551. The number of carbonyl (C=O) groups is 2. The number of nitrogens with one attached hydrogen (secondary N) is 3. The van der Waals surface area contributed by atoms with Gasteiger partial charge >= 0.3 is 6.09 Å². The number of carbonyl (C=O) groups excluding carboxylic acids is 2. The SMILES string of the molecule is CN=C(NCCNC(=O)OC(C)(C)C)NCC(=O)N1CCN(c2ccccc2)CC1.I. The molecule has 1 aromatic rings. The second-order valence-corrected chi connectivity index (χ2v) is 7.98. The Kier molecular flexibility index (Phi) is 11.4. The van der Waals surface area contributed by atoms with Crippen LogP contribution in [0.3, 0.4) is 0 Å². The van der Waals surface area contributed by atoms with Gasteiger partial charge in [0.05, 0.1) is 6.54 Å². The molecular weight excluding hydrogens is 511 g/mol. The zero-order valence-corrected chi connectivity index (χ0v) is 21.1. The van der Waals surface area contributed by atoms with Crippen LogP contribution in [-0.2, 0) is 9.53 Å². The van der Waals surface area contributed by atoms with Gasteiger partial charge in [0, 0.05) is 52.0 Å². The predicted molar refractivity (Wildman–Crippen MR) is 134 cm³/mol. The van der Waals surface area contributed by atoms with Gasteiger partial charge in [-0.25, -0.2) is 4.79 Å². The van der Waals surface area contributed by atoms with Crippen molar-refractivity contribution in [3.8, 4) is 0 Å². The first kappa shape index (κ1) is 26.8. The third kappa shape index (κ3) is 10.1. The van der Waals surface area contributed by atoms with Crippen molar-refractivity contribution >= 4 is 47.6 Å². The van der Waals surface area contributed by atoms with Gasteiger partial charge < -0.3 is 30.5 Å². The number of anilines is 1. The number of alkyl carbamates (subject to hydrolysis) is 1. The fraction of sp³-hybridized carbons (Fsp3) is 0.571. The molecule has 0 atom stereocenters. The van der Waals surface area contributed by atoms with Crippen LogP contribution in [0.5, 0.6) is 0 Å². The van der Waals surface area contributed by atoms with Crippen molar-refractivity contribution in [1.82, 2.24) is 20.9 Å². The Morgan fingerprint density at radius 2 is 1.61 bits per heavy atom. The monoisotopic (exact) mass is 546 g/mol. The first-order valence-electron chi connectivity index (χ1n) is 10.3. The van der Waals surface area contributed by atoms with Crippen LogP contribution in [0.4, 0.5) is 10.5 Å². The molecule has 0 aromatic heterocycles. The number of piperazine rings is 1. The highest BCUT2D eigenvalue weighted by Gasteiger charge is 2.21. The third-order valence-electron chi connectivity index (χ3n) is 4.47. The Bertz CT molecular complexity index is 716. The van der Waals surface area contributed by atoms with Crippen LogP contribution < -0.4 is 20.9 Å². The Hall–Kier alpha value is -2.24. The van der Waals surface area contributed by atoms with Crippen LogP contribution >= 0.6 is 24.0 Å². The molecule has 10 heteroatoms. The number of amides is 2. The minimum Gasteiger partial charge on any atom is -0.444 e. The number of nitrogens with zero attached hydrogens (tertiary/aromatic N) is 3. The van der Waals surface area contributed by atoms with E-state index in [0.29, 0.717) is 32.1 Å². The van der Waals surface area contributed by atoms with Gasteiger partial charge in [0.15, 0.2) is 5.96 Å². The van der Waals surface area contributed by atoms with Gasteiger partial charge in [0.2, 0.25) is 5.91 Å². The summed E-state index contributed by atoms with van der Waals surface area (Å²) in [7, 11) is 1.64. The lowest BCUT2D eigenvalue weighted by molar-refractivity contribution is -0.130. The van der Waals surface area contributed by atoms with Gasteiger partial charge in [0.1, 0.15) is 5.60 Å². The molecule has 31 heavy (non-hydrogen) atoms. The molecule has 0 aliphatic carbocycles. The summed E-state index contributed by atoms with van der Waals surface area (Å²) in [4.78, 5) is 32.4. The van der Waals surface area contributed by atoms with Crippen LogP contribution in [0.15, 0.2) is 35.3 Å². The van der Waals surface area contributed by atoms with E-state index in [1.807, 2.05) is 43.9 Å². The largest absolute Gasteiger partial charge is 0.444 e. The molecule has 1 aromatic carbocycles. The minimum absolute atomic E-state index is 0. The van der Waals surface area contributed by atoms with Crippen LogP contribution in [-0.4, -0.2) is 81.3 Å². The molecular formula is C21H35IN6O3. The highest BCUT2D eigenvalue weighted by atomic mass is 127. The molecule has 0 spiro atoms. The van der Waals surface area contributed by atoms with Crippen molar-refractivity contribution in [2.45, 2.75) is 26.4 Å². The lowest BCUT2D eigenvalue weighted by Crippen LogP contribution is -2.52. The Labute approximate surface area is 202 Å². The zero-order chi connectivity index (χ0) is 22.0. The van der Waals surface area contributed by atoms with Crippen LogP contribution in [0.1, 0.15) is 20.8 Å². The second kappa shape index (κ2) is 13.2. The molecule has 1 aliphatic rings. The van der Waals surface area contributed by atoms with Crippen molar-refractivity contribution in [1.29, 1.82) is 0 Å². The summed E-state index contributed by atoms with van der Waals surface area (Å²) < 4.78 is 5.18. The number of halogens is 1. The molecule has 9 nitrogen and oxygen atoms in total. The van der Waals surface area contributed by atoms with Crippen LogP contribution in [0.25, 0.3) is 0 Å². The van der Waals surface area contributed by atoms with Gasteiger partial charge in [-0.3, -0.25) is 9.79 Å². The molecule has 0 bridgehead atoms. The number of ether oxygens (including phenoxy) is 1. The number of benzene rings is 1. The van der Waals surface area contributed by atoms with E-state index in [0.717, 1.165) is 13.1 Å². The minimum atomic E-state index is -0.526. The number of hydrogen-bond donors (Lipinski definition) is 3. The molecule has 1 fully saturated rings. The van der Waals surface area contributed by atoms with Crippen molar-refractivity contribution in [3.05, 3.63) is 30.3 Å². The molecule has 0 radical (unpaired) electrons. The lowest BCUT2D eigenvalue weighted by atomic mass is 10.2. The molecule has 3 N–H and O–H groups in total. The maximum atomic E-state index is 12.5. The third-order valence-corrected chi connectivity index (χ3v) is 4.47. The van der Waals surface area contributed by atoms with E-state index in [4.69, 9.17) is 4.74 Å². The van der Waals surface area contributed by atoms with Crippen molar-refractivity contribution in [2.24, 2.45) is 4.99 Å². The van der Waals surface area contributed by atoms with Gasteiger partial charge in [-0.05, 0) is 32.9 Å². The smallest absolute Gasteiger partial charge is 0.407 e. The fourth-order valence-corrected chi connectivity index (χ4v) is 3.00. The summed E-state index contributed by atoms with van der Waals surface area (Å²) in [6.07, 6.45) is -0.461. The standard InChI is InChI=1S/C21H34N6O3.HI/c1-21(2,3)30-20(29)24-11-10-23-19(22-4)25-16-18(28)27-14-12-26(13-15-27)17-8-6-5-7-9-17;/h5-9H,10-16H2,1-4H3,(H,24,29)(H2,22,23,25);1H. The Balaban J connectivity index is 0.00000480. The average Bonchev–Trinajstić information content (AvgIpc) is 2.72. The number of aliphatic imine (C=N–C) groups is 1. The van der Waals surface area contributed by atoms with E-state index in [1.165, 1.54) is 5.69 Å². The van der Waals surface area contributed by atoms with Crippen LogP contribution in [0.2, 0.25) is 0 Å². The fourth-order valence-electron chi connectivity index (χ4n) is 3.00. The lowest BCUT2D eigenvalue weighted by Gasteiger charge is -2.36. The summed E-state index contributed by atoms with van der Waals surface area (Å²) in [6, 6.07) is 10.2. The van der Waals surface area contributed by atoms with E-state index >= 15 is 0 Å². The maximum Gasteiger partial charge on any atom is 0.407 e. The van der Waals surface area contributed by atoms with Crippen molar-refractivity contribution in [2.75, 3.05) is 57.8 Å². The summed E-state index contributed by atoms with van der Waals surface area (Å²) in [5.41, 5.74) is 0.662. The van der Waals surface area contributed by atoms with Crippen LogP contribution in [0, 0.1) is 0 Å². The second-order valence-electron chi connectivity index (χ2n) is 7.98. The average molecular weight is 546 g/mol. The first-order chi connectivity index (χ1) is 14.3. The predicted octanol–water partition coefficient (Wildman–Crippen LogP) is 1.64. The first-order valence-corrected chi connectivity index (χ1v) is 10.3. The summed E-state index contributed by atoms with van der Waals surface area (Å²) in [6.45, 7) is 9.48. The van der Waals surface area contributed by atoms with Gasteiger partial charge in [0.25, 0.3) is 0 Å². The summed E-state index contributed by atoms with van der Waals surface area (Å²) in [5, 5.41) is 8.76. The van der Waals surface area contributed by atoms with Crippen molar-refractivity contribution < 1.29 is 14.3 Å². The van der Waals surface area contributed by atoms with Gasteiger partial charge in [-0.15, -0.1) is 24.0 Å². The van der Waals surface area contributed by atoms with E-state index in [9.17, 15) is 9.59 Å². The number of rotatable bonds is 6.